The molecule has 0 atom stereocenters. The molecular weight excluding hydrogens is 251 g/mol. The van der Waals surface area contributed by atoms with E-state index in [1.54, 1.807) is 13.0 Å². The van der Waals surface area contributed by atoms with Crippen molar-refractivity contribution in [3.05, 3.63) is 33.5 Å². The molecule has 0 unspecified atom stereocenters. The first kappa shape index (κ1) is 11.2. The lowest BCUT2D eigenvalue weighted by atomic mass is 10.1. The van der Waals surface area contributed by atoms with Crippen LogP contribution in [-0.2, 0) is 16.0 Å². The van der Waals surface area contributed by atoms with Crippen LogP contribution in [0.1, 0.15) is 11.1 Å². The molecule has 0 radical (unpaired) electrons. The van der Waals surface area contributed by atoms with E-state index in [1.807, 2.05) is 0 Å². The Kier molecular flexibility index (Phi) is 3.63. The van der Waals surface area contributed by atoms with Crippen LogP contribution in [0.4, 0.5) is 4.39 Å². The Morgan fingerprint density at radius 1 is 1.57 bits per heavy atom. The first-order chi connectivity index (χ1) is 6.54. The van der Waals surface area contributed by atoms with Gasteiger partial charge >= 0.3 is 5.97 Å². The van der Waals surface area contributed by atoms with Crippen molar-refractivity contribution >= 4 is 21.9 Å². The molecule has 1 aromatic rings. The van der Waals surface area contributed by atoms with Crippen molar-refractivity contribution in [2.24, 2.45) is 0 Å². The second-order valence-corrected chi connectivity index (χ2v) is 3.77. The topological polar surface area (TPSA) is 26.3 Å². The first-order valence-electron chi connectivity index (χ1n) is 4.06. The molecule has 0 saturated carbocycles. The average Bonchev–Trinajstić information content (AvgIpc) is 2.13. The second-order valence-electron chi connectivity index (χ2n) is 2.97. The molecule has 0 heterocycles. The summed E-state index contributed by atoms with van der Waals surface area (Å²) >= 11 is 3.09. The summed E-state index contributed by atoms with van der Waals surface area (Å²) in [6.07, 6.45) is 0.0791. The summed E-state index contributed by atoms with van der Waals surface area (Å²) in [7, 11) is 1.31. The number of hydrogen-bond acceptors (Lipinski definition) is 2. The van der Waals surface area contributed by atoms with Gasteiger partial charge in [-0.2, -0.15) is 0 Å². The quantitative estimate of drug-likeness (QED) is 0.765. The van der Waals surface area contributed by atoms with Crippen LogP contribution in [0.5, 0.6) is 0 Å². The summed E-state index contributed by atoms with van der Waals surface area (Å²) < 4.78 is 18.0. The predicted molar refractivity (Wildman–Crippen MR) is 54.6 cm³/mol. The van der Waals surface area contributed by atoms with Crippen LogP contribution in [0, 0.1) is 12.7 Å². The zero-order chi connectivity index (χ0) is 10.7. The summed E-state index contributed by atoms with van der Waals surface area (Å²) in [4.78, 5) is 11.0. The average molecular weight is 261 g/mol. The van der Waals surface area contributed by atoms with Gasteiger partial charge in [0.1, 0.15) is 5.82 Å². The fraction of sp³-hybridized carbons (Fsp3) is 0.300. The fourth-order valence-electron chi connectivity index (χ4n) is 1.15. The van der Waals surface area contributed by atoms with E-state index in [0.717, 1.165) is 5.56 Å². The smallest absolute Gasteiger partial charge is 0.310 e. The van der Waals surface area contributed by atoms with Crippen LogP contribution in [0.3, 0.4) is 0 Å². The molecule has 76 valence electrons. The Labute approximate surface area is 90.2 Å². The van der Waals surface area contributed by atoms with Crippen LogP contribution >= 0.6 is 15.9 Å². The van der Waals surface area contributed by atoms with E-state index in [4.69, 9.17) is 0 Å². The number of esters is 1. The van der Waals surface area contributed by atoms with Gasteiger partial charge in [-0.1, -0.05) is 6.07 Å². The van der Waals surface area contributed by atoms with Crippen molar-refractivity contribution < 1.29 is 13.9 Å². The number of methoxy groups -OCH3 is 1. The van der Waals surface area contributed by atoms with E-state index in [9.17, 15) is 9.18 Å². The van der Waals surface area contributed by atoms with Crippen molar-refractivity contribution in [1.82, 2.24) is 0 Å². The molecule has 0 aliphatic rings. The normalized spacial score (nSPS) is 10.0. The molecule has 0 saturated heterocycles. The maximum Gasteiger partial charge on any atom is 0.310 e. The molecule has 0 aliphatic heterocycles. The van der Waals surface area contributed by atoms with Crippen LogP contribution in [0.15, 0.2) is 16.6 Å². The van der Waals surface area contributed by atoms with Crippen LogP contribution in [0.2, 0.25) is 0 Å². The van der Waals surface area contributed by atoms with E-state index in [-0.39, 0.29) is 18.2 Å². The molecule has 4 heteroatoms. The number of hydrogen-bond donors (Lipinski definition) is 0. The SMILES string of the molecule is COC(=O)Cc1cc(C)cc(F)c1Br. The molecule has 1 aromatic carbocycles. The van der Waals surface area contributed by atoms with Crippen molar-refractivity contribution in [2.75, 3.05) is 7.11 Å². The van der Waals surface area contributed by atoms with Gasteiger partial charge in [0.2, 0.25) is 0 Å². The Balaban J connectivity index is 3.02. The number of carbonyl (C=O) groups is 1. The van der Waals surface area contributed by atoms with Crippen molar-refractivity contribution in [3.63, 3.8) is 0 Å². The highest BCUT2D eigenvalue weighted by Gasteiger charge is 2.10. The second kappa shape index (κ2) is 4.55. The lowest BCUT2D eigenvalue weighted by Crippen LogP contribution is -2.06. The van der Waals surface area contributed by atoms with Crippen molar-refractivity contribution in [2.45, 2.75) is 13.3 Å². The van der Waals surface area contributed by atoms with Gasteiger partial charge in [0.05, 0.1) is 18.0 Å². The molecule has 14 heavy (non-hydrogen) atoms. The Morgan fingerprint density at radius 2 is 2.21 bits per heavy atom. The van der Waals surface area contributed by atoms with Crippen molar-refractivity contribution in [1.29, 1.82) is 0 Å². The van der Waals surface area contributed by atoms with Gasteiger partial charge in [0.25, 0.3) is 0 Å². The molecule has 2 nitrogen and oxygen atoms in total. The number of halogens is 2. The maximum atomic E-state index is 13.2. The van der Waals surface area contributed by atoms with Crippen molar-refractivity contribution in [3.8, 4) is 0 Å². The lowest BCUT2D eigenvalue weighted by molar-refractivity contribution is -0.139. The highest BCUT2D eigenvalue weighted by molar-refractivity contribution is 9.10. The molecule has 0 spiro atoms. The molecule has 0 bridgehead atoms. The minimum Gasteiger partial charge on any atom is -0.469 e. The number of aryl methyl sites for hydroxylation is 1. The minimum absolute atomic E-state index is 0.0791. The molecule has 0 fully saturated rings. The predicted octanol–water partition coefficient (Wildman–Crippen LogP) is 2.61. The van der Waals surface area contributed by atoms with Gasteiger partial charge in [-0.15, -0.1) is 0 Å². The Morgan fingerprint density at radius 3 is 2.79 bits per heavy atom. The number of ether oxygens (including phenoxy) is 1. The van der Waals surface area contributed by atoms with Gasteiger partial charge in [0, 0.05) is 0 Å². The molecule has 0 aliphatic carbocycles. The van der Waals surface area contributed by atoms with E-state index in [1.165, 1.54) is 13.2 Å². The Hall–Kier alpha value is -0.900. The highest BCUT2D eigenvalue weighted by Crippen LogP contribution is 2.23. The molecule has 1 rings (SSSR count). The van der Waals surface area contributed by atoms with Gasteiger partial charge in [-0.3, -0.25) is 4.79 Å². The van der Waals surface area contributed by atoms with Gasteiger partial charge < -0.3 is 4.74 Å². The van der Waals surface area contributed by atoms with E-state index < -0.39 is 0 Å². The summed E-state index contributed by atoms with van der Waals surface area (Å²) in [5.41, 5.74) is 1.39. The monoisotopic (exact) mass is 260 g/mol. The third kappa shape index (κ3) is 2.54. The molecular formula is C10H10BrFO2. The van der Waals surface area contributed by atoms with E-state index >= 15 is 0 Å². The highest BCUT2D eigenvalue weighted by atomic mass is 79.9. The lowest BCUT2D eigenvalue weighted by Gasteiger charge is -2.05. The summed E-state index contributed by atoms with van der Waals surface area (Å²) in [6.45, 7) is 1.77. The largest absolute Gasteiger partial charge is 0.469 e. The standard InChI is InChI=1S/C10H10BrFO2/c1-6-3-7(5-9(13)14-2)10(11)8(12)4-6/h3-4H,5H2,1-2H3. The Bertz CT molecular complexity index is 363. The zero-order valence-electron chi connectivity index (χ0n) is 7.93. The summed E-state index contributed by atoms with van der Waals surface area (Å²) in [5.74, 6) is -0.736. The number of benzene rings is 1. The van der Waals surface area contributed by atoms with Crippen LogP contribution in [-0.4, -0.2) is 13.1 Å². The maximum absolute atomic E-state index is 13.2. The molecule has 0 amide bonds. The van der Waals surface area contributed by atoms with Gasteiger partial charge in [-0.25, -0.2) is 4.39 Å². The van der Waals surface area contributed by atoms with Gasteiger partial charge in [-0.05, 0) is 40.0 Å². The third-order valence-corrected chi connectivity index (χ3v) is 2.70. The zero-order valence-corrected chi connectivity index (χ0v) is 9.52. The van der Waals surface area contributed by atoms with Gasteiger partial charge in [0.15, 0.2) is 0 Å². The summed E-state index contributed by atoms with van der Waals surface area (Å²) in [5, 5.41) is 0. The van der Waals surface area contributed by atoms with E-state index in [0.29, 0.717) is 10.0 Å². The third-order valence-electron chi connectivity index (χ3n) is 1.81. The number of carbonyl (C=O) groups excluding carboxylic acids is 1. The first-order valence-corrected chi connectivity index (χ1v) is 4.85. The van der Waals surface area contributed by atoms with Crippen LogP contribution in [0.25, 0.3) is 0 Å². The molecule has 0 N–H and O–H groups in total. The van der Waals surface area contributed by atoms with Crippen LogP contribution < -0.4 is 0 Å². The molecule has 0 aromatic heterocycles. The summed E-state index contributed by atoms with van der Waals surface area (Å²) in [6, 6.07) is 3.16. The fourth-order valence-corrected chi connectivity index (χ4v) is 1.52. The minimum atomic E-state index is -0.379. The number of rotatable bonds is 2. The van der Waals surface area contributed by atoms with E-state index in [2.05, 4.69) is 20.7 Å².